The number of anilines is 5. The number of halogens is 1. The van der Waals surface area contributed by atoms with Crippen LogP contribution in [0.2, 0.25) is 0 Å². The van der Waals surface area contributed by atoms with Crippen molar-refractivity contribution in [2.75, 3.05) is 43.7 Å². The number of carbonyl (C=O) groups excluding carboxylic acids is 1. The van der Waals surface area contributed by atoms with Gasteiger partial charge in [0.1, 0.15) is 5.75 Å². The number of fused-ring (bicyclic) bond motifs is 1. The standard InChI is InChI=1S/C27H27FN6O2/c1-34(2)14-6-9-25(35)31-23-13-12-21(36-3)16-24(23)32-27-29-17-22(28)26(33-27)30-20-11-10-18-7-4-5-8-19(18)15-20/h4-13,15-17H,14H2,1-3H3,(H,31,35)(H2,29,30,32,33)/b9-6+. The minimum absolute atomic E-state index is 0.0166. The average Bonchev–Trinajstić information content (AvgIpc) is 2.86. The normalized spacial score (nSPS) is 11.1. The molecule has 0 saturated carbocycles. The van der Waals surface area contributed by atoms with E-state index in [4.69, 9.17) is 4.74 Å². The Bertz CT molecular complexity index is 1410. The molecule has 1 amide bonds. The molecule has 3 N–H and O–H groups in total. The number of methoxy groups -OCH3 is 1. The molecule has 4 aromatic rings. The summed E-state index contributed by atoms with van der Waals surface area (Å²) in [6.45, 7) is 0.636. The maximum absolute atomic E-state index is 14.5. The van der Waals surface area contributed by atoms with Gasteiger partial charge < -0.3 is 25.6 Å². The zero-order valence-corrected chi connectivity index (χ0v) is 20.2. The first kappa shape index (κ1) is 24.6. The quantitative estimate of drug-likeness (QED) is 0.276. The molecule has 0 aliphatic rings. The molecule has 184 valence electrons. The predicted molar refractivity (Wildman–Crippen MR) is 142 cm³/mol. The largest absolute Gasteiger partial charge is 0.497 e. The second-order valence-electron chi connectivity index (χ2n) is 8.27. The SMILES string of the molecule is COc1ccc(NC(=O)/C=C/CN(C)C)c(Nc2ncc(F)c(Nc3ccc4ccccc4c3)n2)c1. The second kappa shape index (κ2) is 11.3. The van der Waals surface area contributed by atoms with E-state index in [0.717, 1.165) is 17.0 Å². The highest BCUT2D eigenvalue weighted by molar-refractivity contribution is 6.01. The molecule has 1 heterocycles. The van der Waals surface area contributed by atoms with E-state index < -0.39 is 5.82 Å². The van der Waals surface area contributed by atoms with Crippen LogP contribution in [0.4, 0.5) is 33.2 Å². The number of ether oxygens (including phenoxy) is 1. The summed E-state index contributed by atoms with van der Waals surface area (Å²) in [5.74, 6) is -0.160. The van der Waals surface area contributed by atoms with Crippen molar-refractivity contribution in [3.05, 3.63) is 84.8 Å². The lowest BCUT2D eigenvalue weighted by molar-refractivity contribution is -0.111. The predicted octanol–water partition coefficient (Wildman–Crippen LogP) is 5.32. The zero-order chi connectivity index (χ0) is 25.5. The van der Waals surface area contributed by atoms with Crippen molar-refractivity contribution < 1.29 is 13.9 Å². The number of nitrogens with zero attached hydrogens (tertiary/aromatic N) is 3. The summed E-state index contributed by atoms with van der Waals surface area (Å²) in [4.78, 5) is 22.7. The molecular weight excluding hydrogens is 459 g/mol. The van der Waals surface area contributed by atoms with Crippen molar-refractivity contribution in [3.63, 3.8) is 0 Å². The Kier molecular flexibility index (Phi) is 7.72. The van der Waals surface area contributed by atoms with Gasteiger partial charge in [0.2, 0.25) is 11.9 Å². The minimum Gasteiger partial charge on any atom is -0.497 e. The zero-order valence-electron chi connectivity index (χ0n) is 20.2. The number of rotatable bonds is 9. The third-order valence-corrected chi connectivity index (χ3v) is 5.23. The first-order chi connectivity index (χ1) is 17.4. The van der Waals surface area contributed by atoms with Crippen LogP contribution in [0.5, 0.6) is 5.75 Å². The van der Waals surface area contributed by atoms with E-state index >= 15 is 0 Å². The third-order valence-electron chi connectivity index (χ3n) is 5.23. The highest BCUT2D eigenvalue weighted by Gasteiger charge is 2.12. The fraction of sp³-hybridized carbons (Fsp3) is 0.148. The Balaban J connectivity index is 1.56. The molecule has 0 saturated heterocycles. The second-order valence-corrected chi connectivity index (χ2v) is 8.27. The summed E-state index contributed by atoms with van der Waals surface area (Å²) in [6, 6.07) is 18.8. The number of hydrogen-bond donors (Lipinski definition) is 3. The van der Waals surface area contributed by atoms with E-state index in [-0.39, 0.29) is 17.7 Å². The highest BCUT2D eigenvalue weighted by atomic mass is 19.1. The molecule has 9 heteroatoms. The van der Waals surface area contributed by atoms with E-state index in [9.17, 15) is 9.18 Å². The lowest BCUT2D eigenvalue weighted by Gasteiger charge is -2.14. The van der Waals surface area contributed by atoms with Crippen molar-refractivity contribution in [2.45, 2.75) is 0 Å². The first-order valence-electron chi connectivity index (χ1n) is 11.3. The molecule has 0 atom stereocenters. The van der Waals surface area contributed by atoms with Crippen molar-refractivity contribution in [2.24, 2.45) is 0 Å². The molecule has 0 aliphatic heterocycles. The molecule has 0 radical (unpaired) electrons. The van der Waals surface area contributed by atoms with Crippen LogP contribution in [-0.2, 0) is 4.79 Å². The van der Waals surface area contributed by atoms with E-state index in [0.29, 0.717) is 29.4 Å². The molecule has 4 rings (SSSR count). The Hall–Kier alpha value is -4.50. The van der Waals surface area contributed by atoms with Crippen molar-refractivity contribution >= 4 is 45.5 Å². The number of aromatic nitrogens is 2. The summed E-state index contributed by atoms with van der Waals surface area (Å²) in [6.07, 6.45) is 4.31. The molecule has 0 spiro atoms. The third kappa shape index (κ3) is 6.34. The van der Waals surface area contributed by atoms with Gasteiger partial charge in [-0.25, -0.2) is 9.37 Å². The van der Waals surface area contributed by atoms with E-state index in [1.54, 1.807) is 31.4 Å². The number of likely N-dealkylation sites (N-methyl/N-ethyl adjacent to an activating group) is 1. The van der Waals surface area contributed by atoms with Gasteiger partial charge in [0, 0.05) is 24.4 Å². The molecule has 0 bridgehead atoms. The Labute approximate surface area is 208 Å². The van der Waals surface area contributed by atoms with Gasteiger partial charge >= 0.3 is 0 Å². The van der Waals surface area contributed by atoms with Crippen LogP contribution in [0.25, 0.3) is 10.8 Å². The first-order valence-corrected chi connectivity index (χ1v) is 11.3. The molecule has 0 fully saturated rings. The summed E-state index contributed by atoms with van der Waals surface area (Å²) >= 11 is 0. The van der Waals surface area contributed by atoms with Crippen LogP contribution in [0.1, 0.15) is 0 Å². The van der Waals surface area contributed by atoms with Gasteiger partial charge in [0.15, 0.2) is 11.6 Å². The van der Waals surface area contributed by atoms with E-state index in [1.165, 1.54) is 6.08 Å². The minimum atomic E-state index is -0.598. The molecule has 0 aliphatic carbocycles. The molecule has 1 aromatic heterocycles. The van der Waals surface area contributed by atoms with Crippen molar-refractivity contribution in [1.82, 2.24) is 14.9 Å². The maximum Gasteiger partial charge on any atom is 0.248 e. The van der Waals surface area contributed by atoms with Crippen LogP contribution in [0.15, 0.2) is 79.0 Å². The van der Waals surface area contributed by atoms with E-state index in [2.05, 4.69) is 25.9 Å². The smallest absolute Gasteiger partial charge is 0.248 e. The fourth-order valence-corrected chi connectivity index (χ4v) is 3.45. The van der Waals surface area contributed by atoms with Gasteiger partial charge in [0.05, 0.1) is 24.7 Å². The highest BCUT2D eigenvalue weighted by Crippen LogP contribution is 2.30. The van der Waals surface area contributed by atoms with Crippen LogP contribution in [0.3, 0.4) is 0 Å². The summed E-state index contributed by atoms with van der Waals surface area (Å²) < 4.78 is 19.9. The van der Waals surface area contributed by atoms with Crippen molar-refractivity contribution in [1.29, 1.82) is 0 Å². The van der Waals surface area contributed by atoms with Gasteiger partial charge in [0.25, 0.3) is 0 Å². The van der Waals surface area contributed by atoms with Crippen LogP contribution >= 0.6 is 0 Å². The lowest BCUT2D eigenvalue weighted by Crippen LogP contribution is -2.13. The molecule has 3 aromatic carbocycles. The average molecular weight is 487 g/mol. The van der Waals surface area contributed by atoms with Crippen LogP contribution in [-0.4, -0.2) is 48.5 Å². The Morgan fingerprint density at radius 1 is 1.03 bits per heavy atom. The monoisotopic (exact) mass is 486 g/mol. The number of hydrogen-bond acceptors (Lipinski definition) is 7. The maximum atomic E-state index is 14.5. The number of benzene rings is 3. The molecular formula is C27H27FN6O2. The fourth-order valence-electron chi connectivity index (χ4n) is 3.45. The Morgan fingerprint density at radius 3 is 2.61 bits per heavy atom. The number of nitrogens with one attached hydrogen (secondary N) is 3. The molecule has 0 unspecified atom stereocenters. The topological polar surface area (TPSA) is 91.4 Å². The van der Waals surface area contributed by atoms with Gasteiger partial charge in [-0.3, -0.25) is 4.79 Å². The molecule has 8 nitrogen and oxygen atoms in total. The summed E-state index contributed by atoms with van der Waals surface area (Å²) in [5, 5.41) is 11.0. The number of amides is 1. The molecule has 36 heavy (non-hydrogen) atoms. The lowest BCUT2D eigenvalue weighted by atomic mass is 10.1. The van der Waals surface area contributed by atoms with Gasteiger partial charge in [-0.1, -0.05) is 36.4 Å². The summed E-state index contributed by atoms with van der Waals surface area (Å²) in [7, 11) is 5.38. The Morgan fingerprint density at radius 2 is 1.83 bits per heavy atom. The van der Waals surface area contributed by atoms with Crippen LogP contribution < -0.4 is 20.7 Å². The van der Waals surface area contributed by atoms with Gasteiger partial charge in [-0.05, 0) is 49.1 Å². The van der Waals surface area contributed by atoms with Crippen LogP contribution in [0, 0.1) is 5.82 Å². The van der Waals surface area contributed by atoms with Gasteiger partial charge in [-0.15, -0.1) is 0 Å². The van der Waals surface area contributed by atoms with Crippen molar-refractivity contribution in [3.8, 4) is 5.75 Å². The number of carbonyl (C=O) groups is 1. The summed E-state index contributed by atoms with van der Waals surface area (Å²) in [5.41, 5.74) is 1.68. The van der Waals surface area contributed by atoms with E-state index in [1.807, 2.05) is 61.5 Å². The van der Waals surface area contributed by atoms with Gasteiger partial charge in [-0.2, -0.15) is 4.98 Å².